The van der Waals surface area contributed by atoms with Gasteiger partial charge in [0, 0.05) is 0 Å². The van der Waals surface area contributed by atoms with Crippen molar-refractivity contribution in [3.8, 4) is 0 Å². The van der Waals surface area contributed by atoms with Gasteiger partial charge in [0.25, 0.3) is 0 Å². The van der Waals surface area contributed by atoms with Gasteiger partial charge in [0.05, 0.1) is 0 Å². The van der Waals surface area contributed by atoms with E-state index in [2.05, 4.69) is 12.3 Å². The van der Waals surface area contributed by atoms with Crippen molar-refractivity contribution in [1.82, 2.24) is 0 Å². The Balaban J connectivity index is 0. The zero-order valence-corrected chi connectivity index (χ0v) is 5.98. The molecule has 0 heterocycles. The first-order valence-corrected chi connectivity index (χ1v) is 3.47. The lowest BCUT2D eigenvalue weighted by Crippen LogP contribution is -2.21. The molecule has 3 N–H and O–H groups in total. The minimum Gasteiger partial charge on any atom is -0.405 e. The Labute approximate surface area is 61.3 Å². The quantitative estimate of drug-likeness (QED) is 0.433. The van der Waals surface area contributed by atoms with Gasteiger partial charge in [0.2, 0.25) is 0 Å². The zero-order valence-electron chi connectivity index (χ0n) is 5.17. The van der Waals surface area contributed by atoms with E-state index in [-0.39, 0.29) is 0 Å². The van der Waals surface area contributed by atoms with Crippen LogP contribution in [0.4, 0.5) is 13.2 Å². The van der Waals surface area contributed by atoms with Crippen LogP contribution >= 0.6 is 0 Å². The predicted octanol–water partition coefficient (Wildman–Crippen LogP) is 0.483. The van der Waals surface area contributed by atoms with Crippen LogP contribution in [0.3, 0.4) is 0 Å². The molecule has 0 spiro atoms. The topological polar surface area (TPSA) is 80.4 Å². The third kappa shape index (κ3) is 7.13. The molecule has 0 rings (SSSR count). The maximum absolute atomic E-state index is 10.7. The summed E-state index contributed by atoms with van der Waals surface area (Å²) in [5.74, 6) is 0. The molecular weight excluding hydrogens is 187 g/mol. The minimum absolute atomic E-state index is 1.25. The highest BCUT2D eigenvalue weighted by molar-refractivity contribution is 7.86. The van der Waals surface area contributed by atoms with Gasteiger partial charge in [-0.2, -0.15) is 21.6 Å². The molecule has 0 aromatic rings. The van der Waals surface area contributed by atoms with Crippen molar-refractivity contribution in [2.24, 2.45) is 5.73 Å². The summed E-state index contributed by atoms with van der Waals surface area (Å²) < 4.78 is 57.5. The smallest absolute Gasteiger partial charge is 0.405 e. The summed E-state index contributed by atoms with van der Waals surface area (Å²) in [7, 11) is -5.84. The van der Waals surface area contributed by atoms with Crippen molar-refractivity contribution >= 4 is 10.1 Å². The zero-order chi connectivity index (χ0) is 9.71. The number of hydrogen-bond donors (Lipinski definition) is 2. The Morgan fingerprint density at radius 3 is 1.55 bits per heavy atom. The molecule has 0 saturated heterocycles. The molecular formula is C3H6F3NO3S. The fourth-order valence-electron chi connectivity index (χ4n) is 0. The van der Waals surface area contributed by atoms with Crippen LogP contribution in [0, 0.1) is 0 Å². The molecule has 0 radical (unpaired) electrons. The molecule has 0 atom stereocenters. The average molecular weight is 193 g/mol. The predicted molar refractivity (Wildman–Crippen MR) is 32.0 cm³/mol. The first kappa shape index (κ1) is 12.9. The van der Waals surface area contributed by atoms with E-state index in [1.807, 2.05) is 0 Å². The van der Waals surface area contributed by atoms with Crippen molar-refractivity contribution in [3.05, 3.63) is 12.8 Å². The maximum Gasteiger partial charge on any atom is 0.522 e. The van der Waals surface area contributed by atoms with Crippen LogP contribution < -0.4 is 5.73 Å². The Morgan fingerprint density at radius 2 is 1.55 bits per heavy atom. The molecule has 0 unspecified atom stereocenters. The number of nitrogens with two attached hydrogens (primary N) is 1. The third-order valence-corrected chi connectivity index (χ3v) is 0.877. The van der Waals surface area contributed by atoms with Gasteiger partial charge >= 0.3 is 15.6 Å². The summed E-state index contributed by atoms with van der Waals surface area (Å²) in [5.41, 5.74) is -0.924. The van der Waals surface area contributed by atoms with Gasteiger partial charge < -0.3 is 5.73 Å². The molecule has 68 valence electrons. The summed E-state index contributed by atoms with van der Waals surface area (Å²) in [6.45, 7) is 3.14. The Kier molecular flexibility index (Phi) is 4.90. The fraction of sp³-hybridized carbons (Fsp3) is 0.333. The van der Waals surface area contributed by atoms with Crippen molar-refractivity contribution in [2.45, 2.75) is 5.51 Å². The van der Waals surface area contributed by atoms with Crippen LogP contribution in [0.15, 0.2) is 12.8 Å². The minimum atomic E-state index is -5.84. The Bertz CT molecular complexity index is 206. The van der Waals surface area contributed by atoms with E-state index in [0.717, 1.165) is 0 Å². The maximum atomic E-state index is 10.7. The van der Waals surface area contributed by atoms with E-state index in [9.17, 15) is 13.2 Å². The van der Waals surface area contributed by atoms with Crippen LogP contribution in [0.2, 0.25) is 0 Å². The second-order valence-electron chi connectivity index (χ2n) is 1.16. The molecule has 0 fully saturated rings. The lowest BCUT2D eigenvalue weighted by molar-refractivity contribution is -0.0510. The molecule has 4 nitrogen and oxygen atoms in total. The first-order chi connectivity index (χ1) is 4.66. The molecule has 0 aliphatic heterocycles. The molecule has 0 aromatic heterocycles. The molecule has 8 heteroatoms. The highest BCUT2D eigenvalue weighted by Crippen LogP contribution is 2.20. The molecule has 0 amide bonds. The highest BCUT2D eigenvalue weighted by atomic mass is 32.2. The lowest BCUT2D eigenvalue weighted by atomic mass is 11.1. The molecule has 0 aliphatic rings. The van der Waals surface area contributed by atoms with Gasteiger partial charge in [-0.3, -0.25) is 4.55 Å². The molecule has 0 saturated carbocycles. The SMILES string of the molecule is C=CN.O=S(=O)(O)C(F)(F)F. The van der Waals surface area contributed by atoms with Crippen LogP contribution in [0.5, 0.6) is 0 Å². The van der Waals surface area contributed by atoms with Crippen molar-refractivity contribution < 1.29 is 26.1 Å². The average Bonchev–Trinajstić information content (AvgIpc) is 1.60. The summed E-state index contributed by atoms with van der Waals surface area (Å²) in [6.07, 6.45) is 1.25. The summed E-state index contributed by atoms with van der Waals surface area (Å²) in [6, 6.07) is 0. The van der Waals surface area contributed by atoms with E-state index in [1.165, 1.54) is 6.20 Å². The fourth-order valence-corrected chi connectivity index (χ4v) is 0. The van der Waals surface area contributed by atoms with Gasteiger partial charge in [0.15, 0.2) is 0 Å². The standard InChI is InChI=1S/C2H5N.CHF3O3S/c1-2-3;2-1(3,4)8(5,6)7/h2H,1,3H2;(H,5,6,7). The first-order valence-electron chi connectivity index (χ1n) is 2.03. The van der Waals surface area contributed by atoms with Crippen LogP contribution in [-0.4, -0.2) is 18.5 Å². The van der Waals surface area contributed by atoms with Crippen molar-refractivity contribution in [2.75, 3.05) is 0 Å². The highest BCUT2D eigenvalue weighted by Gasteiger charge is 2.44. The van der Waals surface area contributed by atoms with Crippen LogP contribution in [0.25, 0.3) is 0 Å². The van der Waals surface area contributed by atoms with Gasteiger partial charge in [-0.05, 0) is 6.20 Å². The Morgan fingerprint density at radius 1 is 1.45 bits per heavy atom. The lowest BCUT2D eigenvalue weighted by Gasteiger charge is -1.97. The van der Waals surface area contributed by atoms with Gasteiger partial charge in [0.1, 0.15) is 0 Å². The third-order valence-electron chi connectivity index (χ3n) is 0.292. The molecule has 11 heavy (non-hydrogen) atoms. The summed E-state index contributed by atoms with van der Waals surface area (Å²) in [4.78, 5) is 0. The van der Waals surface area contributed by atoms with Crippen molar-refractivity contribution in [3.63, 3.8) is 0 Å². The summed E-state index contributed by atoms with van der Waals surface area (Å²) >= 11 is 0. The van der Waals surface area contributed by atoms with E-state index >= 15 is 0 Å². The van der Waals surface area contributed by atoms with E-state index in [0.29, 0.717) is 0 Å². The number of rotatable bonds is 0. The molecule has 0 bridgehead atoms. The number of alkyl halides is 3. The second-order valence-corrected chi connectivity index (χ2v) is 2.57. The molecule has 0 aromatic carbocycles. The van der Waals surface area contributed by atoms with E-state index in [4.69, 9.17) is 13.0 Å². The second kappa shape index (κ2) is 4.19. The van der Waals surface area contributed by atoms with Gasteiger partial charge in [-0.15, -0.1) is 0 Å². The van der Waals surface area contributed by atoms with Gasteiger partial charge in [-0.1, -0.05) is 6.58 Å². The van der Waals surface area contributed by atoms with E-state index in [1.54, 1.807) is 0 Å². The normalized spacial score (nSPS) is 11.3. The van der Waals surface area contributed by atoms with E-state index < -0.39 is 15.6 Å². The van der Waals surface area contributed by atoms with Crippen LogP contribution in [0.1, 0.15) is 0 Å². The van der Waals surface area contributed by atoms with Gasteiger partial charge in [-0.25, -0.2) is 0 Å². The largest absolute Gasteiger partial charge is 0.522 e. The number of halogens is 3. The Hall–Kier alpha value is -0.760. The monoisotopic (exact) mass is 193 g/mol. The summed E-state index contributed by atoms with van der Waals surface area (Å²) in [5, 5.41) is 0. The van der Waals surface area contributed by atoms with Crippen LogP contribution in [-0.2, 0) is 10.1 Å². The number of hydrogen-bond acceptors (Lipinski definition) is 3. The molecule has 0 aliphatic carbocycles. The van der Waals surface area contributed by atoms with Crippen molar-refractivity contribution in [1.29, 1.82) is 0 Å².